The number of anilines is 1. The number of Topliss-reactive ketones (excluding diaryl/α,β-unsaturated/α-hetero) is 1. The number of allylic oxidation sites excluding steroid dienone is 4. The van der Waals surface area contributed by atoms with Crippen LogP contribution >= 0.6 is 0 Å². The third-order valence-corrected chi connectivity index (χ3v) is 9.60. The second-order valence-corrected chi connectivity index (χ2v) is 11.4. The van der Waals surface area contributed by atoms with Gasteiger partial charge in [0, 0.05) is 44.1 Å². The lowest BCUT2D eigenvalue weighted by Gasteiger charge is -2.54. The summed E-state index contributed by atoms with van der Waals surface area (Å²) in [4.78, 5) is 27.7. The molecule has 4 aliphatic carbocycles. The van der Waals surface area contributed by atoms with E-state index in [0.717, 1.165) is 37.8 Å². The fourth-order valence-electron chi connectivity index (χ4n) is 7.74. The maximum atomic E-state index is 13.3. The van der Waals surface area contributed by atoms with Gasteiger partial charge in [-0.25, -0.2) is 0 Å². The van der Waals surface area contributed by atoms with Crippen LogP contribution in [-0.2, 0) is 14.3 Å². The molecule has 1 N–H and O–H groups in total. The molecule has 2 fully saturated rings. The van der Waals surface area contributed by atoms with Crippen molar-refractivity contribution in [2.45, 2.75) is 70.3 Å². The van der Waals surface area contributed by atoms with Crippen molar-refractivity contribution in [1.29, 1.82) is 0 Å². The van der Waals surface area contributed by atoms with Crippen LogP contribution in [0.4, 0.5) is 5.69 Å². The molecule has 2 saturated carbocycles. The first-order chi connectivity index (χ1) is 16.7. The van der Waals surface area contributed by atoms with Gasteiger partial charge in [0.05, 0.1) is 0 Å². The minimum Gasteiger partial charge on any atom is -0.381 e. The summed E-state index contributed by atoms with van der Waals surface area (Å²) in [5.41, 5.74) is 4.63. The van der Waals surface area contributed by atoms with Crippen molar-refractivity contribution in [3.63, 3.8) is 0 Å². The molecule has 0 bridgehead atoms. The van der Waals surface area contributed by atoms with Crippen LogP contribution in [0.25, 0.3) is 0 Å². The Morgan fingerprint density at radius 3 is 2.57 bits per heavy atom. The van der Waals surface area contributed by atoms with Gasteiger partial charge in [-0.1, -0.05) is 24.6 Å². The topological polar surface area (TPSA) is 66.8 Å². The number of fused-ring (bicyclic) bond motifs is 4. The fraction of sp³-hybridized carbons (Fsp3) is 0.600. The highest BCUT2D eigenvalue weighted by atomic mass is 16.5. The van der Waals surface area contributed by atoms with Gasteiger partial charge >= 0.3 is 0 Å². The number of benzene rings is 1. The Kier molecular flexibility index (Phi) is 6.29. The molecule has 4 aliphatic rings. The summed E-state index contributed by atoms with van der Waals surface area (Å²) in [5.74, 6) is 0.807. The summed E-state index contributed by atoms with van der Waals surface area (Å²) in [6.07, 6.45) is 7.30. The van der Waals surface area contributed by atoms with Crippen molar-refractivity contribution >= 4 is 17.3 Å². The molecule has 0 saturated heterocycles. The number of carbonyl (C=O) groups excluding carboxylic acids is 2. The normalized spacial score (nSPS) is 34.1. The zero-order valence-corrected chi connectivity index (χ0v) is 21.6. The van der Waals surface area contributed by atoms with Gasteiger partial charge in [-0.2, -0.15) is 0 Å². The average Bonchev–Trinajstić information content (AvgIpc) is 3.13. The van der Waals surface area contributed by atoms with Crippen molar-refractivity contribution in [2.75, 3.05) is 32.2 Å². The van der Waals surface area contributed by atoms with E-state index >= 15 is 0 Å². The minimum absolute atomic E-state index is 0.0227. The Bertz CT molecular complexity index is 1080. The highest BCUT2D eigenvalue weighted by Crippen LogP contribution is 2.66. The van der Waals surface area contributed by atoms with Crippen LogP contribution in [-0.4, -0.2) is 49.6 Å². The second-order valence-electron chi connectivity index (χ2n) is 11.4. The molecule has 0 amide bonds. The van der Waals surface area contributed by atoms with E-state index < -0.39 is 11.0 Å². The predicted molar refractivity (Wildman–Crippen MR) is 137 cm³/mol. The summed E-state index contributed by atoms with van der Waals surface area (Å²) >= 11 is 0. The second kappa shape index (κ2) is 9.01. The summed E-state index contributed by atoms with van der Waals surface area (Å²) < 4.78 is 5.47. The third-order valence-electron chi connectivity index (χ3n) is 9.60. The van der Waals surface area contributed by atoms with Crippen LogP contribution in [0.2, 0.25) is 0 Å². The van der Waals surface area contributed by atoms with Gasteiger partial charge < -0.3 is 14.7 Å². The summed E-state index contributed by atoms with van der Waals surface area (Å²) in [6, 6.07) is 8.76. The van der Waals surface area contributed by atoms with E-state index in [0.29, 0.717) is 25.4 Å². The van der Waals surface area contributed by atoms with E-state index in [1.807, 2.05) is 27.1 Å². The summed E-state index contributed by atoms with van der Waals surface area (Å²) in [6.45, 7) is 4.48. The number of ketones is 2. The Labute approximate surface area is 209 Å². The van der Waals surface area contributed by atoms with Crippen LogP contribution in [0.15, 0.2) is 47.1 Å². The quantitative estimate of drug-likeness (QED) is 0.625. The number of nitrogens with zero attached hydrogens (tertiary/aromatic N) is 1. The maximum Gasteiger partial charge on any atom is 0.190 e. The van der Waals surface area contributed by atoms with Gasteiger partial charge in [0.2, 0.25) is 0 Å². The lowest BCUT2D eigenvalue weighted by atomic mass is 9.50. The predicted octanol–water partition coefficient (Wildman–Crippen LogP) is 4.99. The Morgan fingerprint density at radius 2 is 1.89 bits per heavy atom. The molecule has 188 valence electrons. The zero-order chi connectivity index (χ0) is 25.0. The molecular formula is C30H39NO4. The van der Waals surface area contributed by atoms with E-state index in [9.17, 15) is 14.7 Å². The highest BCUT2D eigenvalue weighted by molar-refractivity contribution is 5.93. The largest absolute Gasteiger partial charge is 0.381 e. The van der Waals surface area contributed by atoms with E-state index in [1.165, 1.54) is 22.3 Å². The molecule has 5 nitrogen and oxygen atoms in total. The van der Waals surface area contributed by atoms with Gasteiger partial charge in [0.15, 0.2) is 11.6 Å². The standard InChI is InChI=1S/C30H39NO4/c1-5-35-18-27(33)30(34)15-14-26-24-12-8-20-16-22(32)11-13-23(20)28(24)25(17-29(26,30)2)19-6-9-21(10-7-19)31(3)4/h6-7,9-10,16,24-26,34H,5,8,11-15,17-18H2,1-4H3/t24-,25+,26-,29-,30-/m0/s1. The SMILES string of the molecule is CCOCC(=O)[C@@]1(O)CC[C@H]2[C@@H]3CCC4=CC(=O)CCC4=C3[C@@H](c3ccc(N(C)C)cc3)C[C@@]21C. The molecule has 0 heterocycles. The van der Waals surface area contributed by atoms with Crippen molar-refractivity contribution in [2.24, 2.45) is 17.3 Å². The molecule has 5 heteroatoms. The van der Waals surface area contributed by atoms with E-state index in [2.05, 4.69) is 36.1 Å². The Balaban J connectivity index is 1.62. The molecule has 35 heavy (non-hydrogen) atoms. The van der Waals surface area contributed by atoms with Crippen LogP contribution in [0, 0.1) is 17.3 Å². The van der Waals surface area contributed by atoms with Crippen LogP contribution in [0.3, 0.4) is 0 Å². The van der Waals surface area contributed by atoms with Gasteiger partial charge in [-0.05, 0) is 92.2 Å². The molecule has 1 aromatic rings. The molecule has 1 aromatic carbocycles. The number of hydrogen-bond acceptors (Lipinski definition) is 5. The first-order valence-corrected chi connectivity index (χ1v) is 13.3. The van der Waals surface area contributed by atoms with Crippen molar-refractivity contribution in [3.8, 4) is 0 Å². The number of ether oxygens (including phenoxy) is 1. The molecule has 0 radical (unpaired) electrons. The van der Waals surface area contributed by atoms with Gasteiger partial charge in [-0.3, -0.25) is 9.59 Å². The Morgan fingerprint density at radius 1 is 1.14 bits per heavy atom. The van der Waals surface area contributed by atoms with Crippen molar-refractivity contribution in [3.05, 3.63) is 52.6 Å². The number of carbonyl (C=O) groups is 2. The number of aliphatic hydroxyl groups is 1. The number of rotatable bonds is 6. The third kappa shape index (κ3) is 3.82. The molecule has 0 unspecified atom stereocenters. The molecule has 5 rings (SSSR count). The van der Waals surface area contributed by atoms with Crippen molar-refractivity contribution in [1.82, 2.24) is 0 Å². The fourth-order valence-corrected chi connectivity index (χ4v) is 7.74. The van der Waals surface area contributed by atoms with E-state index in [-0.39, 0.29) is 30.0 Å². The number of hydrogen-bond donors (Lipinski definition) is 1. The van der Waals surface area contributed by atoms with Crippen LogP contribution < -0.4 is 4.90 Å². The first-order valence-electron chi connectivity index (χ1n) is 13.3. The van der Waals surface area contributed by atoms with Gasteiger partial charge in [0.1, 0.15) is 12.2 Å². The monoisotopic (exact) mass is 477 g/mol. The molecule has 5 atom stereocenters. The Hall–Kier alpha value is -2.24. The molecule has 0 aliphatic heterocycles. The highest BCUT2D eigenvalue weighted by Gasteiger charge is 2.65. The first kappa shape index (κ1) is 24.5. The maximum absolute atomic E-state index is 13.3. The smallest absolute Gasteiger partial charge is 0.190 e. The van der Waals surface area contributed by atoms with Crippen molar-refractivity contribution < 1.29 is 19.4 Å². The van der Waals surface area contributed by atoms with Crippen LogP contribution in [0.5, 0.6) is 0 Å². The van der Waals surface area contributed by atoms with E-state index in [1.54, 1.807) is 0 Å². The summed E-state index contributed by atoms with van der Waals surface area (Å²) in [7, 11) is 4.09. The molecule has 0 spiro atoms. The molecular weight excluding hydrogens is 438 g/mol. The molecule has 0 aromatic heterocycles. The van der Waals surface area contributed by atoms with Crippen LogP contribution in [0.1, 0.15) is 70.3 Å². The van der Waals surface area contributed by atoms with Gasteiger partial charge in [0.25, 0.3) is 0 Å². The van der Waals surface area contributed by atoms with E-state index in [4.69, 9.17) is 4.74 Å². The lowest BCUT2D eigenvalue weighted by Crippen LogP contribution is -2.56. The summed E-state index contributed by atoms with van der Waals surface area (Å²) in [5, 5.41) is 12.0. The lowest BCUT2D eigenvalue weighted by molar-refractivity contribution is -0.159. The zero-order valence-electron chi connectivity index (χ0n) is 21.6. The van der Waals surface area contributed by atoms with Gasteiger partial charge in [-0.15, -0.1) is 0 Å². The average molecular weight is 478 g/mol. The minimum atomic E-state index is -1.36.